The summed E-state index contributed by atoms with van der Waals surface area (Å²) >= 11 is 0. The predicted molar refractivity (Wildman–Crippen MR) is 150 cm³/mol. The highest BCUT2D eigenvalue weighted by molar-refractivity contribution is 5.94. The average Bonchev–Trinajstić information content (AvgIpc) is 3.01. The van der Waals surface area contributed by atoms with E-state index in [0.29, 0.717) is 11.6 Å². The van der Waals surface area contributed by atoms with Gasteiger partial charge in [0.2, 0.25) is 0 Å². The minimum Gasteiger partial charge on any atom is -0.264 e. The largest absolute Gasteiger partial charge is 0.264 e. The summed E-state index contributed by atoms with van der Waals surface area (Å²) in [6, 6.07) is 33.9. The summed E-state index contributed by atoms with van der Waals surface area (Å²) in [5.74, 6) is 1.26. The minimum atomic E-state index is 0.625. The number of aromatic nitrogens is 6. The van der Waals surface area contributed by atoms with E-state index >= 15 is 0 Å². The molecule has 0 aliphatic carbocycles. The highest BCUT2D eigenvalue weighted by Gasteiger charge is 2.15. The molecule has 6 heteroatoms. The fourth-order valence-corrected chi connectivity index (χ4v) is 4.63. The van der Waals surface area contributed by atoms with Crippen molar-refractivity contribution in [1.82, 2.24) is 29.9 Å². The van der Waals surface area contributed by atoms with E-state index in [9.17, 15) is 0 Å². The van der Waals surface area contributed by atoms with Gasteiger partial charge in [-0.3, -0.25) is 9.97 Å². The highest BCUT2D eigenvalue weighted by Crippen LogP contribution is 2.32. The Labute approximate surface area is 218 Å². The number of hydrogen-bond acceptors (Lipinski definition) is 6. The molecule has 4 heterocycles. The van der Waals surface area contributed by atoms with Crippen LogP contribution in [0.15, 0.2) is 122 Å². The van der Waals surface area contributed by atoms with Crippen molar-refractivity contribution >= 4 is 21.8 Å². The summed E-state index contributed by atoms with van der Waals surface area (Å²) in [6.45, 7) is 0. The van der Waals surface area contributed by atoms with E-state index in [2.05, 4.69) is 9.97 Å². The van der Waals surface area contributed by atoms with Gasteiger partial charge in [0.1, 0.15) is 5.69 Å². The summed E-state index contributed by atoms with van der Waals surface area (Å²) in [4.78, 5) is 28.6. The standard InChI is InChI=1S/C32H20N6/c1-3-14-26-24(12-1)29(23-11-8-17-33-20-23)37-31(35-26)21-9-7-10-22(19-21)32-36-27-15-4-2-13-25(27)30(38-32)28-16-5-6-18-34-28/h1-20H. The third-order valence-corrected chi connectivity index (χ3v) is 6.43. The van der Waals surface area contributed by atoms with Crippen LogP contribution < -0.4 is 0 Å². The minimum absolute atomic E-state index is 0.625. The molecule has 38 heavy (non-hydrogen) atoms. The molecule has 0 radical (unpaired) electrons. The quantitative estimate of drug-likeness (QED) is 0.265. The summed E-state index contributed by atoms with van der Waals surface area (Å²) in [7, 11) is 0. The highest BCUT2D eigenvalue weighted by atomic mass is 14.9. The van der Waals surface area contributed by atoms with Gasteiger partial charge in [-0.2, -0.15) is 0 Å². The maximum absolute atomic E-state index is 4.99. The zero-order valence-electron chi connectivity index (χ0n) is 20.2. The van der Waals surface area contributed by atoms with Crippen LogP contribution in [-0.4, -0.2) is 29.9 Å². The molecule has 7 rings (SSSR count). The SMILES string of the molecule is c1ccc(-c2nc(-c3cccc(-c4nc(-c5cccnc5)c5ccccc5n4)c3)nc3ccccc23)nc1. The van der Waals surface area contributed by atoms with E-state index in [1.165, 1.54) is 0 Å². The molecule has 6 nitrogen and oxygen atoms in total. The van der Waals surface area contributed by atoms with Crippen LogP contribution in [0.5, 0.6) is 0 Å². The molecule has 4 aromatic heterocycles. The van der Waals surface area contributed by atoms with Crippen molar-refractivity contribution in [3.63, 3.8) is 0 Å². The molecular formula is C32H20N6. The van der Waals surface area contributed by atoms with Gasteiger partial charge in [-0.1, -0.05) is 60.7 Å². The maximum Gasteiger partial charge on any atom is 0.160 e. The lowest BCUT2D eigenvalue weighted by Crippen LogP contribution is -1.98. The topological polar surface area (TPSA) is 77.3 Å². The van der Waals surface area contributed by atoms with Gasteiger partial charge in [0, 0.05) is 46.1 Å². The van der Waals surface area contributed by atoms with Crippen LogP contribution in [0.1, 0.15) is 0 Å². The van der Waals surface area contributed by atoms with Crippen LogP contribution >= 0.6 is 0 Å². The van der Waals surface area contributed by atoms with E-state index in [1.807, 2.05) is 109 Å². The maximum atomic E-state index is 4.99. The van der Waals surface area contributed by atoms with E-state index in [-0.39, 0.29) is 0 Å². The Bertz CT molecular complexity index is 1780. The van der Waals surface area contributed by atoms with Crippen molar-refractivity contribution in [2.75, 3.05) is 0 Å². The summed E-state index contributed by atoms with van der Waals surface area (Å²) in [5, 5.41) is 1.95. The average molecular weight is 489 g/mol. The molecule has 0 fully saturated rings. The van der Waals surface area contributed by atoms with Crippen LogP contribution in [0.4, 0.5) is 0 Å². The van der Waals surface area contributed by atoms with Gasteiger partial charge in [-0.25, -0.2) is 19.9 Å². The molecule has 0 saturated carbocycles. The Kier molecular flexibility index (Phi) is 5.33. The van der Waals surface area contributed by atoms with Crippen molar-refractivity contribution in [2.45, 2.75) is 0 Å². The first-order valence-electron chi connectivity index (χ1n) is 12.3. The smallest absolute Gasteiger partial charge is 0.160 e. The Morgan fingerprint density at radius 1 is 0.447 bits per heavy atom. The lowest BCUT2D eigenvalue weighted by molar-refractivity contribution is 1.19. The Morgan fingerprint density at radius 2 is 1.08 bits per heavy atom. The third-order valence-electron chi connectivity index (χ3n) is 6.43. The molecule has 0 saturated heterocycles. The number of rotatable bonds is 4. The lowest BCUT2D eigenvalue weighted by atomic mass is 10.1. The lowest BCUT2D eigenvalue weighted by Gasteiger charge is -2.11. The summed E-state index contributed by atoms with van der Waals surface area (Å²) < 4.78 is 0. The normalized spacial score (nSPS) is 11.2. The van der Waals surface area contributed by atoms with Gasteiger partial charge in [-0.05, 0) is 42.5 Å². The van der Waals surface area contributed by atoms with Crippen molar-refractivity contribution in [1.29, 1.82) is 0 Å². The molecule has 7 aromatic rings. The third kappa shape index (κ3) is 3.94. The van der Waals surface area contributed by atoms with Gasteiger partial charge < -0.3 is 0 Å². The van der Waals surface area contributed by atoms with Gasteiger partial charge >= 0.3 is 0 Å². The predicted octanol–water partition coefficient (Wildman–Crippen LogP) is 7.03. The number of nitrogens with zero attached hydrogens (tertiary/aromatic N) is 6. The zero-order valence-corrected chi connectivity index (χ0v) is 20.2. The fourth-order valence-electron chi connectivity index (χ4n) is 4.63. The van der Waals surface area contributed by atoms with Crippen molar-refractivity contribution < 1.29 is 0 Å². The molecule has 3 aromatic carbocycles. The molecule has 0 amide bonds. The molecule has 0 bridgehead atoms. The van der Waals surface area contributed by atoms with Crippen LogP contribution in [0, 0.1) is 0 Å². The first-order valence-corrected chi connectivity index (χ1v) is 12.3. The number of para-hydroxylation sites is 2. The number of benzene rings is 3. The monoisotopic (exact) mass is 488 g/mol. The van der Waals surface area contributed by atoms with E-state index < -0.39 is 0 Å². The van der Waals surface area contributed by atoms with Gasteiger partial charge in [-0.15, -0.1) is 0 Å². The molecule has 0 unspecified atom stereocenters. The second-order valence-electron chi connectivity index (χ2n) is 8.86. The first-order chi connectivity index (χ1) is 18.8. The number of pyridine rings is 2. The number of fused-ring (bicyclic) bond motifs is 2. The number of hydrogen-bond donors (Lipinski definition) is 0. The molecule has 0 aliphatic rings. The van der Waals surface area contributed by atoms with Crippen LogP contribution in [-0.2, 0) is 0 Å². The Balaban J connectivity index is 1.40. The Morgan fingerprint density at radius 3 is 1.74 bits per heavy atom. The van der Waals surface area contributed by atoms with Crippen LogP contribution in [0.3, 0.4) is 0 Å². The fraction of sp³-hybridized carbons (Fsp3) is 0. The zero-order chi connectivity index (χ0) is 25.3. The van der Waals surface area contributed by atoms with E-state index in [1.54, 1.807) is 12.4 Å². The molecule has 0 atom stereocenters. The van der Waals surface area contributed by atoms with Gasteiger partial charge in [0.25, 0.3) is 0 Å². The summed E-state index contributed by atoms with van der Waals surface area (Å²) in [6.07, 6.45) is 5.38. The molecule has 0 N–H and O–H groups in total. The van der Waals surface area contributed by atoms with Crippen molar-refractivity contribution in [3.8, 4) is 45.4 Å². The summed E-state index contributed by atoms with van der Waals surface area (Å²) in [5.41, 5.74) is 6.91. The molecule has 178 valence electrons. The second-order valence-corrected chi connectivity index (χ2v) is 8.86. The van der Waals surface area contributed by atoms with E-state index in [4.69, 9.17) is 19.9 Å². The first kappa shape index (κ1) is 21.9. The van der Waals surface area contributed by atoms with Gasteiger partial charge in [0.05, 0.1) is 22.4 Å². The second kappa shape index (κ2) is 9.26. The van der Waals surface area contributed by atoms with Crippen molar-refractivity contribution in [3.05, 3.63) is 122 Å². The van der Waals surface area contributed by atoms with Crippen LogP contribution in [0.2, 0.25) is 0 Å². The molecular weight excluding hydrogens is 468 g/mol. The van der Waals surface area contributed by atoms with Gasteiger partial charge in [0.15, 0.2) is 11.6 Å². The molecule has 0 spiro atoms. The molecule has 0 aliphatic heterocycles. The van der Waals surface area contributed by atoms with E-state index in [0.717, 1.165) is 55.6 Å². The van der Waals surface area contributed by atoms with Crippen LogP contribution in [0.25, 0.3) is 67.2 Å². The van der Waals surface area contributed by atoms with Crippen molar-refractivity contribution in [2.24, 2.45) is 0 Å². The Hall–Kier alpha value is -5.36.